The van der Waals surface area contributed by atoms with Crippen molar-refractivity contribution < 1.29 is 14.7 Å². The number of hydrogen-bond donors (Lipinski definition) is 0. The highest BCUT2D eigenvalue weighted by molar-refractivity contribution is 6.42. The van der Waals surface area contributed by atoms with Gasteiger partial charge in [0.05, 0.1) is 10.0 Å². The summed E-state index contributed by atoms with van der Waals surface area (Å²) in [5.41, 5.74) is 0.973. The molecule has 0 unspecified atom stereocenters. The zero-order valence-electron chi connectivity index (χ0n) is 11.8. The minimum absolute atomic E-state index is 0.0667. The SMILES string of the molecule is O=C([O-])[C@H]1C[C@@H]1C(=O)N1CCN(c2ccc(Cl)c(Cl)c2)CC1. The molecule has 1 aliphatic heterocycles. The molecule has 1 saturated heterocycles. The summed E-state index contributed by atoms with van der Waals surface area (Å²) in [6, 6.07) is 5.47. The highest BCUT2D eigenvalue weighted by Crippen LogP contribution is 2.39. The first kappa shape index (κ1) is 15.4. The second-order valence-electron chi connectivity index (χ2n) is 5.68. The Kier molecular flexibility index (Phi) is 4.19. The fourth-order valence-electron chi connectivity index (χ4n) is 2.83. The van der Waals surface area contributed by atoms with Crippen LogP contribution in [0.1, 0.15) is 6.42 Å². The van der Waals surface area contributed by atoms with Gasteiger partial charge in [-0.15, -0.1) is 0 Å². The molecule has 22 heavy (non-hydrogen) atoms. The van der Waals surface area contributed by atoms with Crippen LogP contribution in [0.4, 0.5) is 5.69 Å². The number of carboxylic acid groups (broad SMARTS) is 1. The van der Waals surface area contributed by atoms with E-state index >= 15 is 0 Å². The fraction of sp³-hybridized carbons (Fsp3) is 0.467. The van der Waals surface area contributed by atoms with Crippen LogP contribution in [0.15, 0.2) is 18.2 Å². The second kappa shape index (κ2) is 5.97. The third-order valence-electron chi connectivity index (χ3n) is 4.27. The van der Waals surface area contributed by atoms with Crippen molar-refractivity contribution in [1.82, 2.24) is 4.90 Å². The number of rotatable bonds is 3. The van der Waals surface area contributed by atoms with Crippen molar-refractivity contribution in [3.05, 3.63) is 28.2 Å². The summed E-state index contributed by atoms with van der Waals surface area (Å²) in [6.07, 6.45) is 0.411. The van der Waals surface area contributed by atoms with Gasteiger partial charge in [-0.25, -0.2) is 0 Å². The van der Waals surface area contributed by atoms with E-state index in [9.17, 15) is 14.7 Å². The Hall–Kier alpha value is -1.46. The fourth-order valence-corrected chi connectivity index (χ4v) is 3.12. The van der Waals surface area contributed by atoms with Gasteiger partial charge in [0.2, 0.25) is 5.91 Å². The lowest BCUT2D eigenvalue weighted by Crippen LogP contribution is -2.49. The van der Waals surface area contributed by atoms with Gasteiger partial charge in [-0.2, -0.15) is 0 Å². The normalized spacial score (nSPS) is 24.3. The third-order valence-corrected chi connectivity index (χ3v) is 5.01. The van der Waals surface area contributed by atoms with E-state index in [1.165, 1.54) is 0 Å². The Labute approximate surface area is 138 Å². The van der Waals surface area contributed by atoms with Gasteiger partial charge in [0.25, 0.3) is 0 Å². The first-order valence-corrected chi connectivity index (χ1v) is 7.92. The lowest BCUT2D eigenvalue weighted by molar-refractivity contribution is -0.308. The van der Waals surface area contributed by atoms with Gasteiger partial charge in [0, 0.05) is 49.7 Å². The van der Waals surface area contributed by atoms with E-state index in [0.29, 0.717) is 42.6 Å². The highest BCUT2D eigenvalue weighted by Gasteiger charge is 2.46. The van der Waals surface area contributed by atoms with Crippen molar-refractivity contribution >= 4 is 40.8 Å². The van der Waals surface area contributed by atoms with Crippen molar-refractivity contribution in [2.24, 2.45) is 11.8 Å². The lowest BCUT2D eigenvalue weighted by Gasteiger charge is -2.36. The number of carbonyl (C=O) groups is 2. The van der Waals surface area contributed by atoms with Crippen LogP contribution < -0.4 is 10.0 Å². The van der Waals surface area contributed by atoms with Crippen LogP contribution in [-0.4, -0.2) is 43.0 Å². The number of aliphatic carboxylic acids is 1. The van der Waals surface area contributed by atoms with Gasteiger partial charge in [-0.3, -0.25) is 4.79 Å². The van der Waals surface area contributed by atoms with Gasteiger partial charge in [-0.1, -0.05) is 23.2 Å². The Bertz CT molecular complexity index is 615. The molecule has 0 spiro atoms. The van der Waals surface area contributed by atoms with Crippen LogP contribution >= 0.6 is 23.2 Å². The van der Waals surface area contributed by atoms with Gasteiger partial charge < -0.3 is 19.7 Å². The van der Waals surface area contributed by atoms with Crippen LogP contribution in [0.25, 0.3) is 0 Å². The van der Waals surface area contributed by atoms with Crippen LogP contribution in [0.5, 0.6) is 0 Å². The molecule has 2 aliphatic rings. The molecule has 0 N–H and O–H groups in total. The molecule has 0 bridgehead atoms. The van der Waals surface area contributed by atoms with E-state index in [-0.39, 0.29) is 11.8 Å². The molecule has 1 saturated carbocycles. The molecule has 1 amide bonds. The predicted octanol–water partition coefficient (Wildman–Crippen LogP) is 1.03. The van der Waals surface area contributed by atoms with E-state index < -0.39 is 11.9 Å². The number of carbonyl (C=O) groups excluding carboxylic acids is 2. The van der Waals surface area contributed by atoms with Gasteiger partial charge in [-0.05, 0) is 24.6 Å². The molecule has 118 valence electrons. The van der Waals surface area contributed by atoms with Crippen molar-refractivity contribution in [3.8, 4) is 0 Å². The summed E-state index contributed by atoms with van der Waals surface area (Å²) in [5, 5.41) is 11.8. The Morgan fingerprint density at radius 3 is 2.27 bits per heavy atom. The molecule has 7 heteroatoms. The first-order valence-electron chi connectivity index (χ1n) is 7.17. The second-order valence-corrected chi connectivity index (χ2v) is 6.49. The summed E-state index contributed by atoms with van der Waals surface area (Å²) >= 11 is 11.9. The van der Waals surface area contributed by atoms with Gasteiger partial charge in [0.1, 0.15) is 0 Å². The molecule has 0 aromatic heterocycles. The largest absolute Gasteiger partial charge is 0.550 e. The number of nitrogens with zero attached hydrogens (tertiary/aromatic N) is 2. The molecule has 0 radical (unpaired) electrons. The average Bonchev–Trinajstić information content (AvgIpc) is 3.30. The summed E-state index contributed by atoms with van der Waals surface area (Å²) < 4.78 is 0. The van der Waals surface area contributed by atoms with Crippen molar-refractivity contribution in [2.75, 3.05) is 31.1 Å². The van der Waals surface area contributed by atoms with Crippen molar-refractivity contribution in [3.63, 3.8) is 0 Å². The van der Waals surface area contributed by atoms with Crippen LogP contribution in [0, 0.1) is 11.8 Å². The van der Waals surface area contributed by atoms with Crippen molar-refractivity contribution in [2.45, 2.75) is 6.42 Å². The van der Waals surface area contributed by atoms with E-state index in [1.807, 2.05) is 12.1 Å². The predicted molar refractivity (Wildman–Crippen MR) is 81.9 cm³/mol. The third kappa shape index (κ3) is 3.01. The molecule has 1 heterocycles. The number of anilines is 1. The molecule has 2 fully saturated rings. The molecule has 1 aromatic carbocycles. The van der Waals surface area contributed by atoms with E-state index in [2.05, 4.69) is 4.90 Å². The summed E-state index contributed by atoms with van der Waals surface area (Å²) in [4.78, 5) is 26.8. The Morgan fingerprint density at radius 1 is 1.05 bits per heavy atom. The minimum Gasteiger partial charge on any atom is -0.550 e. The molecule has 1 aromatic rings. The standard InChI is InChI=1S/C15H16Cl2N2O3/c16-12-2-1-9(7-13(12)17)18-3-5-19(6-4-18)14(20)10-8-11(10)15(21)22/h1-2,7,10-11H,3-6,8H2,(H,21,22)/p-1/t10-,11-/m0/s1. The maximum absolute atomic E-state index is 12.2. The topological polar surface area (TPSA) is 63.7 Å². The maximum atomic E-state index is 12.2. The van der Waals surface area contributed by atoms with E-state index in [1.54, 1.807) is 11.0 Å². The number of carboxylic acids is 1. The quantitative estimate of drug-likeness (QED) is 0.823. The maximum Gasteiger partial charge on any atom is 0.226 e. The molecule has 3 rings (SSSR count). The molecule has 1 aliphatic carbocycles. The van der Waals surface area contributed by atoms with Crippen molar-refractivity contribution in [1.29, 1.82) is 0 Å². The smallest absolute Gasteiger partial charge is 0.226 e. The number of benzene rings is 1. The van der Waals surface area contributed by atoms with Crippen LogP contribution in [-0.2, 0) is 9.59 Å². The molecule has 5 nitrogen and oxygen atoms in total. The minimum atomic E-state index is -1.12. The summed E-state index contributed by atoms with van der Waals surface area (Å²) in [6.45, 7) is 2.53. The van der Waals surface area contributed by atoms with Gasteiger partial charge >= 0.3 is 0 Å². The lowest BCUT2D eigenvalue weighted by atomic mass is 10.2. The van der Waals surface area contributed by atoms with E-state index in [4.69, 9.17) is 23.2 Å². The average molecular weight is 342 g/mol. The Morgan fingerprint density at radius 2 is 1.73 bits per heavy atom. The number of hydrogen-bond acceptors (Lipinski definition) is 4. The molecular formula is C15H15Cl2N2O3-. The van der Waals surface area contributed by atoms with Crippen LogP contribution in [0.2, 0.25) is 10.0 Å². The summed E-state index contributed by atoms with van der Waals surface area (Å²) in [5.74, 6) is -2.17. The Balaban J connectivity index is 1.57. The zero-order valence-corrected chi connectivity index (χ0v) is 13.3. The number of piperazine rings is 1. The summed E-state index contributed by atoms with van der Waals surface area (Å²) in [7, 11) is 0. The number of halogens is 2. The van der Waals surface area contributed by atoms with Crippen LogP contribution in [0.3, 0.4) is 0 Å². The first-order chi connectivity index (χ1) is 10.5. The van der Waals surface area contributed by atoms with Gasteiger partial charge in [0.15, 0.2) is 0 Å². The monoisotopic (exact) mass is 341 g/mol. The van der Waals surface area contributed by atoms with E-state index in [0.717, 1.165) is 5.69 Å². The number of amides is 1. The molecular weight excluding hydrogens is 327 g/mol. The highest BCUT2D eigenvalue weighted by atomic mass is 35.5. The molecule has 2 atom stereocenters. The zero-order chi connectivity index (χ0) is 15.9.